The van der Waals surface area contributed by atoms with Gasteiger partial charge in [-0.2, -0.15) is 0 Å². The van der Waals surface area contributed by atoms with E-state index in [2.05, 4.69) is 0 Å². The molecule has 25 heavy (non-hydrogen) atoms. The average molecular weight is 346 g/mol. The monoisotopic (exact) mass is 346 g/mol. The topological polar surface area (TPSA) is 89.3 Å². The SMILES string of the molecule is CC(C)c1oc(=O)cc2c1[C@@H](O)C1OC(=O)[C@@]3(C)C[C@H]4O[C@H]4[C@@]2(C)C13. The van der Waals surface area contributed by atoms with Crippen molar-refractivity contribution in [1.29, 1.82) is 0 Å². The molecule has 1 aromatic heterocycles. The summed E-state index contributed by atoms with van der Waals surface area (Å²) in [6.07, 6.45) is -1.08. The highest BCUT2D eigenvalue weighted by molar-refractivity contribution is 5.81. The summed E-state index contributed by atoms with van der Waals surface area (Å²) in [4.78, 5) is 24.9. The molecule has 2 saturated heterocycles. The summed E-state index contributed by atoms with van der Waals surface area (Å²) in [5.41, 5.74) is -0.319. The molecule has 3 fully saturated rings. The lowest BCUT2D eigenvalue weighted by atomic mass is 9.49. The highest BCUT2D eigenvalue weighted by Gasteiger charge is 2.76. The van der Waals surface area contributed by atoms with Gasteiger partial charge in [-0.25, -0.2) is 4.79 Å². The van der Waals surface area contributed by atoms with E-state index < -0.39 is 28.7 Å². The van der Waals surface area contributed by atoms with E-state index in [-0.39, 0.29) is 30.0 Å². The predicted molar refractivity (Wildman–Crippen MR) is 86.1 cm³/mol. The molecule has 2 aliphatic carbocycles. The summed E-state index contributed by atoms with van der Waals surface area (Å²) in [5.74, 6) is -0.0944. The number of aliphatic hydroxyl groups excluding tert-OH is 1. The number of hydrogen-bond donors (Lipinski definition) is 1. The van der Waals surface area contributed by atoms with Crippen LogP contribution >= 0.6 is 0 Å². The van der Waals surface area contributed by atoms with Crippen molar-refractivity contribution < 1.29 is 23.8 Å². The Bertz CT molecular complexity index is 856. The second kappa shape index (κ2) is 4.35. The normalized spacial score (nSPS) is 46.3. The Labute approximate surface area is 145 Å². The van der Waals surface area contributed by atoms with Crippen molar-refractivity contribution in [3.63, 3.8) is 0 Å². The van der Waals surface area contributed by atoms with Crippen LogP contribution in [0.15, 0.2) is 15.3 Å². The van der Waals surface area contributed by atoms with E-state index >= 15 is 0 Å². The van der Waals surface area contributed by atoms with Crippen LogP contribution in [-0.4, -0.2) is 29.4 Å². The molecule has 2 unspecified atom stereocenters. The third-order valence-corrected chi connectivity index (χ3v) is 6.91. The molecule has 0 bridgehead atoms. The second-order valence-electron chi connectivity index (χ2n) is 8.70. The van der Waals surface area contributed by atoms with Gasteiger partial charge in [0.2, 0.25) is 0 Å². The molecule has 2 aliphatic heterocycles. The zero-order chi connectivity index (χ0) is 17.9. The third-order valence-electron chi connectivity index (χ3n) is 6.91. The number of esters is 1. The number of ether oxygens (including phenoxy) is 2. The quantitative estimate of drug-likeness (QED) is 0.616. The van der Waals surface area contributed by atoms with Gasteiger partial charge in [-0.15, -0.1) is 0 Å². The van der Waals surface area contributed by atoms with Crippen LogP contribution in [0.3, 0.4) is 0 Å². The van der Waals surface area contributed by atoms with Gasteiger partial charge >= 0.3 is 11.6 Å². The molecule has 0 amide bonds. The van der Waals surface area contributed by atoms with E-state index in [1.165, 1.54) is 6.07 Å². The smallest absolute Gasteiger partial charge is 0.336 e. The maximum Gasteiger partial charge on any atom is 0.336 e. The maximum absolute atomic E-state index is 12.7. The second-order valence-corrected chi connectivity index (χ2v) is 8.70. The first-order chi connectivity index (χ1) is 11.7. The number of rotatable bonds is 1. The Morgan fingerprint density at radius 2 is 2.00 bits per heavy atom. The molecule has 0 radical (unpaired) electrons. The Morgan fingerprint density at radius 1 is 1.28 bits per heavy atom. The van der Waals surface area contributed by atoms with E-state index in [1.54, 1.807) is 0 Å². The van der Waals surface area contributed by atoms with Gasteiger partial charge in [0, 0.05) is 28.9 Å². The Kier molecular flexibility index (Phi) is 2.71. The molecular formula is C19H22O6. The minimum absolute atomic E-state index is 0.00427. The third kappa shape index (κ3) is 1.63. The molecule has 0 spiro atoms. The fourth-order valence-corrected chi connectivity index (χ4v) is 5.88. The van der Waals surface area contributed by atoms with Gasteiger partial charge in [-0.05, 0) is 18.9 Å². The lowest BCUT2D eigenvalue weighted by molar-refractivity contribution is -0.151. The van der Waals surface area contributed by atoms with Crippen LogP contribution in [0.4, 0.5) is 0 Å². The molecule has 3 heterocycles. The van der Waals surface area contributed by atoms with Gasteiger partial charge in [-0.3, -0.25) is 4.79 Å². The van der Waals surface area contributed by atoms with Crippen molar-refractivity contribution in [1.82, 2.24) is 0 Å². The maximum atomic E-state index is 12.7. The molecule has 5 rings (SSSR count). The van der Waals surface area contributed by atoms with Gasteiger partial charge in [0.25, 0.3) is 0 Å². The Hall–Kier alpha value is -1.66. The summed E-state index contributed by atoms with van der Waals surface area (Å²) in [6.45, 7) is 7.79. The number of fused-ring (bicyclic) bond motifs is 4. The molecule has 4 aliphatic rings. The molecule has 7 atom stereocenters. The number of aliphatic hydroxyl groups is 1. The number of carbonyl (C=O) groups is 1. The van der Waals surface area contributed by atoms with Gasteiger partial charge in [0.1, 0.15) is 18.0 Å². The molecule has 6 heteroatoms. The molecule has 0 aromatic carbocycles. The predicted octanol–water partition coefficient (Wildman–Crippen LogP) is 1.79. The first kappa shape index (κ1) is 15.6. The van der Waals surface area contributed by atoms with Crippen molar-refractivity contribution in [2.24, 2.45) is 11.3 Å². The fraction of sp³-hybridized carbons (Fsp3) is 0.684. The zero-order valence-corrected chi connectivity index (χ0v) is 14.7. The molecule has 134 valence electrons. The van der Waals surface area contributed by atoms with Crippen molar-refractivity contribution in [2.75, 3.05) is 0 Å². The van der Waals surface area contributed by atoms with Crippen LogP contribution in [0.2, 0.25) is 0 Å². The highest BCUT2D eigenvalue weighted by Crippen LogP contribution is 2.68. The fourth-order valence-electron chi connectivity index (χ4n) is 5.88. The lowest BCUT2D eigenvalue weighted by Crippen LogP contribution is -2.57. The van der Waals surface area contributed by atoms with E-state index in [4.69, 9.17) is 13.9 Å². The van der Waals surface area contributed by atoms with Crippen LogP contribution in [0.1, 0.15) is 63.0 Å². The first-order valence-electron chi connectivity index (χ1n) is 8.92. The minimum Gasteiger partial charge on any atom is -0.458 e. The van der Waals surface area contributed by atoms with Crippen molar-refractivity contribution in [3.8, 4) is 0 Å². The Morgan fingerprint density at radius 3 is 2.68 bits per heavy atom. The highest BCUT2D eigenvalue weighted by atomic mass is 16.6. The summed E-state index contributed by atoms with van der Waals surface area (Å²) >= 11 is 0. The number of hydrogen-bond acceptors (Lipinski definition) is 6. The molecule has 1 saturated carbocycles. The molecule has 1 N–H and O–H groups in total. The lowest BCUT2D eigenvalue weighted by Gasteiger charge is -2.50. The number of carbonyl (C=O) groups excluding carboxylic acids is 1. The molecule has 1 aromatic rings. The van der Waals surface area contributed by atoms with E-state index in [0.717, 1.165) is 5.56 Å². The summed E-state index contributed by atoms with van der Waals surface area (Å²) < 4.78 is 17.1. The summed E-state index contributed by atoms with van der Waals surface area (Å²) in [6, 6.07) is 1.48. The largest absolute Gasteiger partial charge is 0.458 e. The van der Waals surface area contributed by atoms with Crippen molar-refractivity contribution in [3.05, 3.63) is 33.4 Å². The summed E-state index contributed by atoms with van der Waals surface area (Å²) in [5, 5.41) is 11.1. The van der Waals surface area contributed by atoms with Crippen LogP contribution < -0.4 is 5.63 Å². The molecule has 6 nitrogen and oxygen atoms in total. The van der Waals surface area contributed by atoms with Crippen LogP contribution in [0.25, 0.3) is 0 Å². The standard InChI is InChI=1S/C19H22O6/c1-7(2)13-11-8(5-10(20)24-13)19(4)15-14(12(11)21)25-17(22)18(15,3)6-9-16(19)23-9/h5,7,9,12,14-16,21H,6H2,1-4H3/t9-,12-,14?,15?,16-,18+,19-/m1/s1. The van der Waals surface area contributed by atoms with Gasteiger partial charge in [-0.1, -0.05) is 20.8 Å². The van der Waals surface area contributed by atoms with Crippen molar-refractivity contribution in [2.45, 2.75) is 69.9 Å². The van der Waals surface area contributed by atoms with Crippen LogP contribution in [0.5, 0.6) is 0 Å². The van der Waals surface area contributed by atoms with Crippen molar-refractivity contribution >= 4 is 5.97 Å². The van der Waals surface area contributed by atoms with Crippen LogP contribution in [0, 0.1) is 11.3 Å². The minimum atomic E-state index is -0.990. The zero-order valence-electron chi connectivity index (χ0n) is 14.7. The summed E-state index contributed by atoms with van der Waals surface area (Å²) in [7, 11) is 0. The van der Waals surface area contributed by atoms with Gasteiger partial charge in [0.15, 0.2) is 0 Å². The first-order valence-corrected chi connectivity index (χ1v) is 8.92. The van der Waals surface area contributed by atoms with E-state index in [9.17, 15) is 14.7 Å². The van der Waals surface area contributed by atoms with E-state index in [1.807, 2.05) is 27.7 Å². The van der Waals surface area contributed by atoms with Gasteiger partial charge < -0.3 is 19.0 Å². The Balaban J connectivity index is 1.84. The van der Waals surface area contributed by atoms with Crippen LogP contribution in [-0.2, 0) is 19.7 Å². The molecular weight excluding hydrogens is 324 g/mol. The average Bonchev–Trinajstić information content (AvgIpc) is 3.25. The number of epoxide rings is 1. The van der Waals surface area contributed by atoms with Gasteiger partial charge in [0.05, 0.1) is 17.6 Å². The van der Waals surface area contributed by atoms with E-state index in [0.29, 0.717) is 17.7 Å².